The van der Waals surface area contributed by atoms with Crippen LogP contribution in [0.2, 0.25) is 0 Å². The molecule has 0 saturated heterocycles. The Morgan fingerprint density at radius 3 is 2.40 bits per heavy atom. The van der Waals surface area contributed by atoms with Crippen LogP contribution in [0.5, 0.6) is 5.75 Å². The largest absolute Gasteiger partial charge is 0.494 e. The molecule has 1 aromatic carbocycles. The van der Waals surface area contributed by atoms with Crippen LogP contribution in [0, 0.1) is 13.8 Å². The molecule has 0 aliphatic carbocycles. The van der Waals surface area contributed by atoms with Crippen LogP contribution in [0.3, 0.4) is 0 Å². The lowest BCUT2D eigenvalue weighted by Crippen LogP contribution is -2.33. The van der Waals surface area contributed by atoms with E-state index in [4.69, 9.17) is 21.9 Å². The van der Waals surface area contributed by atoms with Crippen LogP contribution >= 0.6 is 0 Å². The second-order valence-corrected chi connectivity index (χ2v) is 4.44. The molecular weight excluding hydrogens is 256 g/mol. The minimum Gasteiger partial charge on any atom is -0.494 e. The lowest BCUT2D eigenvalue weighted by molar-refractivity contribution is 0.313. The molecule has 0 amide bonds. The molecule has 1 rings (SSSR count). The zero-order valence-corrected chi connectivity index (χ0v) is 11.9. The number of nitrogens with two attached hydrogens (primary N) is 3. The van der Waals surface area contributed by atoms with Crippen molar-refractivity contribution in [3.05, 3.63) is 29.3 Å². The molecule has 0 aromatic heterocycles. The predicted octanol–water partition coefficient (Wildman–Crippen LogP) is 0.165. The third-order valence-electron chi connectivity index (χ3n) is 2.35. The molecule has 7 N–H and O–H groups in total. The van der Waals surface area contributed by atoms with E-state index >= 15 is 0 Å². The number of nitrogens with zero attached hydrogens (tertiary/aromatic N) is 2. The summed E-state index contributed by atoms with van der Waals surface area (Å²) in [5.74, 6) is 0.948. The summed E-state index contributed by atoms with van der Waals surface area (Å²) in [6, 6.07) is 6.11. The van der Waals surface area contributed by atoms with Gasteiger partial charge in [0.05, 0.1) is 6.61 Å². The second kappa shape index (κ2) is 7.88. The Labute approximate surface area is 118 Å². The van der Waals surface area contributed by atoms with Gasteiger partial charge >= 0.3 is 0 Å². The first-order valence-corrected chi connectivity index (χ1v) is 6.33. The van der Waals surface area contributed by atoms with Gasteiger partial charge in [0, 0.05) is 13.0 Å². The summed E-state index contributed by atoms with van der Waals surface area (Å²) >= 11 is 0. The normalized spacial score (nSPS) is 11.0. The van der Waals surface area contributed by atoms with Crippen LogP contribution in [0.1, 0.15) is 17.5 Å². The molecule has 0 atom stereocenters. The van der Waals surface area contributed by atoms with Crippen LogP contribution in [0.15, 0.2) is 28.3 Å². The van der Waals surface area contributed by atoms with Crippen LogP contribution in [-0.4, -0.2) is 25.1 Å². The quantitative estimate of drug-likeness (QED) is 0.255. The van der Waals surface area contributed by atoms with E-state index in [-0.39, 0.29) is 11.9 Å². The molecular formula is C13H22N6O. The van der Waals surface area contributed by atoms with Crippen molar-refractivity contribution in [2.45, 2.75) is 20.3 Å². The van der Waals surface area contributed by atoms with Crippen molar-refractivity contribution in [1.29, 1.82) is 0 Å². The molecule has 0 radical (unpaired) electrons. The maximum Gasteiger partial charge on any atom is 0.209 e. The molecule has 0 spiro atoms. The minimum absolute atomic E-state index is 0.0960. The molecule has 0 aliphatic heterocycles. The first-order valence-electron chi connectivity index (χ1n) is 6.33. The van der Waals surface area contributed by atoms with Gasteiger partial charge in [-0.15, -0.1) is 5.10 Å². The number of guanidine groups is 2. The molecule has 7 heteroatoms. The molecule has 0 unspecified atom stereocenters. The van der Waals surface area contributed by atoms with Crippen LogP contribution in [0.25, 0.3) is 0 Å². The molecule has 0 fully saturated rings. The SMILES string of the molecule is Cc1cc(C)cc(OCCCN=C(N)NN=C(N)N)c1. The van der Waals surface area contributed by atoms with E-state index in [2.05, 4.69) is 21.6 Å². The van der Waals surface area contributed by atoms with E-state index in [1.54, 1.807) is 0 Å². The van der Waals surface area contributed by atoms with Gasteiger partial charge in [0.2, 0.25) is 11.9 Å². The van der Waals surface area contributed by atoms with E-state index in [0.29, 0.717) is 13.2 Å². The van der Waals surface area contributed by atoms with Crippen LogP contribution < -0.4 is 27.4 Å². The molecule has 0 aliphatic rings. The highest BCUT2D eigenvalue weighted by atomic mass is 16.5. The predicted molar refractivity (Wildman–Crippen MR) is 81.5 cm³/mol. The monoisotopic (exact) mass is 278 g/mol. The number of nitrogens with one attached hydrogen (secondary N) is 1. The topological polar surface area (TPSA) is 124 Å². The van der Waals surface area contributed by atoms with Gasteiger partial charge in [-0.05, 0) is 37.1 Å². The van der Waals surface area contributed by atoms with E-state index < -0.39 is 0 Å². The third kappa shape index (κ3) is 6.48. The molecule has 110 valence electrons. The first-order chi connectivity index (χ1) is 9.47. The highest BCUT2D eigenvalue weighted by Crippen LogP contribution is 2.16. The van der Waals surface area contributed by atoms with Crippen molar-refractivity contribution in [1.82, 2.24) is 5.43 Å². The van der Waals surface area contributed by atoms with E-state index in [9.17, 15) is 0 Å². The average molecular weight is 278 g/mol. The first kappa shape index (κ1) is 15.6. The molecule has 0 saturated carbocycles. The van der Waals surface area contributed by atoms with Crippen molar-refractivity contribution >= 4 is 11.9 Å². The number of aliphatic imine (C=N–C) groups is 1. The number of hydrazone groups is 1. The highest BCUT2D eigenvalue weighted by Gasteiger charge is 1.97. The molecule has 1 aromatic rings. The fourth-order valence-corrected chi connectivity index (χ4v) is 1.63. The van der Waals surface area contributed by atoms with Gasteiger partial charge in [0.15, 0.2) is 0 Å². The Morgan fingerprint density at radius 1 is 1.15 bits per heavy atom. The Balaban J connectivity index is 2.28. The molecule has 7 nitrogen and oxygen atoms in total. The Bertz CT molecular complexity index is 473. The number of aryl methyl sites for hydroxylation is 2. The van der Waals surface area contributed by atoms with Gasteiger partial charge in [0.25, 0.3) is 0 Å². The Morgan fingerprint density at radius 2 is 1.80 bits per heavy atom. The summed E-state index contributed by atoms with van der Waals surface area (Å²) in [5.41, 5.74) is 20.6. The zero-order valence-electron chi connectivity index (χ0n) is 11.9. The van der Waals surface area contributed by atoms with Crippen molar-refractivity contribution in [2.75, 3.05) is 13.2 Å². The molecule has 20 heavy (non-hydrogen) atoms. The van der Waals surface area contributed by atoms with Crippen LogP contribution in [0.4, 0.5) is 0 Å². The summed E-state index contributed by atoms with van der Waals surface area (Å²) in [6.07, 6.45) is 0.747. The Kier molecular flexibility index (Phi) is 6.15. The van der Waals surface area contributed by atoms with Gasteiger partial charge in [-0.25, -0.2) is 5.43 Å². The molecule has 0 bridgehead atoms. The lowest BCUT2D eigenvalue weighted by Gasteiger charge is -2.07. The minimum atomic E-state index is -0.0960. The van der Waals surface area contributed by atoms with Gasteiger partial charge in [-0.2, -0.15) is 0 Å². The number of ether oxygens (including phenoxy) is 1. The Hall–Kier alpha value is -2.44. The fraction of sp³-hybridized carbons (Fsp3) is 0.385. The number of benzene rings is 1. The molecule has 0 heterocycles. The van der Waals surface area contributed by atoms with Crippen molar-refractivity contribution in [2.24, 2.45) is 27.3 Å². The maximum atomic E-state index is 5.65. The summed E-state index contributed by atoms with van der Waals surface area (Å²) < 4.78 is 5.65. The summed E-state index contributed by atoms with van der Waals surface area (Å²) in [5, 5.41) is 3.53. The second-order valence-electron chi connectivity index (χ2n) is 4.44. The lowest BCUT2D eigenvalue weighted by atomic mass is 10.1. The van der Waals surface area contributed by atoms with E-state index in [1.807, 2.05) is 26.0 Å². The van der Waals surface area contributed by atoms with Gasteiger partial charge in [-0.1, -0.05) is 6.07 Å². The third-order valence-corrected chi connectivity index (χ3v) is 2.35. The average Bonchev–Trinajstić information content (AvgIpc) is 2.34. The van der Waals surface area contributed by atoms with E-state index in [0.717, 1.165) is 12.2 Å². The van der Waals surface area contributed by atoms with Gasteiger partial charge < -0.3 is 21.9 Å². The summed E-state index contributed by atoms with van der Waals surface area (Å²) in [4.78, 5) is 4.05. The smallest absolute Gasteiger partial charge is 0.209 e. The van der Waals surface area contributed by atoms with Crippen LogP contribution in [-0.2, 0) is 0 Å². The van der Waals surface area contributed by atoms with Crippen molar-refractivity contribution in [3.8, 4) is 5.75 Å². The maximum absolute atomic E-state index is 5.65. The van der Waals surface area contributed by atoms with Crippen molar-refractivity contribution < 1.29 is 4.74 Å². The number of hydrogen-bond donors (Lipinski definition) is 4. The summed E-state index contributed by atoms with van der Waals surface area (Å²) in [6.45, 7) is 5.19. The van der Waals surface area contributed by atoms with E-state index in [1.165, 1.54) is 11.1 Å². The highest BCUT2D eigenvalue weighted by molar-refractivity contribution is 5.81. The standard InChI is InChI=1S/C13H22N6O/c1-9-6-10(2)8-11(7-9)20-5-3-4-17-13(16)19-18-12(14)15/h6-8H,3-5H2,1-2H3,(H4,14,15,18)(H3,16,17,19). The number of hydrogen-bond acceptors (Lipinski definition) is 3. The fourth-order valence-electron chi connectivity index (χ4n) is 1.63. The van der Waals surface area contributed by atoms with Gasteiger partial charge in [-0.3, -0.25) is 4.99 Å². The summed E-state index contributed by atoms with van der Waals surface area (Å²) in [7, 11) is 0. The van der Waals surface area contributed by atoms with Gasteiger partial charge in [0.1, 0.15) is 5.75 Å². The number of rotatable bonds is 6. The van der Waals surface area contributed by atoms with Crippen molar-refractivity contribution in [3.63, 3.8) is 0 Å². The zero-order chi connectivity index (χ0) is 15.0.